The number of nitrogens with zero attached hydrogens (tertiary/aromatic N) is 2. The molecule has 4 amide bonds. The van der Waals surface area contributed by atoms with E-state index in [-0.39, 0.29) is 43.3 Å². The first-order valence-electron chi connectivity index (χ1n) is 10.2. The standard InChI is InChI=1S/C23H17FN4O6/c24-16-4-2-14(19(10-16)28(33)34)3-7-20(29)25-11-13-1-5-17-15(9-13)12-27(23(17)32)18-6-8-21(30)26-22(18)31/h1-2,4-5,9-10,18H,6,8,11-12H2,(H,25,29)(H,26,30,31). The Labute approximate surface area is 192 Å². The molecular formula is C23H17FN4O6. The van der Waals surface area contributed by atoms with Crippen molar-refractivity contribution in [3.05, 3.63) is 74.6 Å². The van der Waals surface area contributed by atoms with Crippen molar-refractivity contribution >= 4 is 29.3 Å². The molecule has 1 unspecified atom stereocenters. The normalized spacial score (nSPS) is 16.9. The summed E-state index contributed by atoms with van der Waals surface area (Å²) in [6.07, 6.45) is 0.425. The van der Waals surface area contributed by atoms with Crippen molar-refractivity contribution in [3.8, 4) is 11.8 Å². The van der Waals surface area contributed by atoms with Gasteiger partial charge < -0.3 is 10.2 Å². The van der Waals surface area contributed by atoms with Gasteiger partial charge in [0.05, 0.1) is 11.0 Å². The highest BCUT2D eigenvalue weighted by atomic mass is 19.1. The highest BCUT2D eigenvalue weighted by Crippen LogP contribution is 2.28. The molecule has 2 aliphatic heterocycles. The van der Waals surface area contributed by atoms with Gasteiger partial charge in [-0.25, -0.2) is 4.39 Å². The van der Waals surface area contributed by atoms with Gasteiger partial charge in [-0.2, -0.15) is 0 Å². The van der Waals surface area contributed by atoms with Gasteiger partial charge >= 0.3 is 0 Å². The number of halogens is 1. The first-order valence-corrected chi connectivity index (χ1v) is 10.2. The van der Waals surface area contributed by atoms with Gasteiger partial charge in [0.15, 0.2) is 0 Å². The second-order valence-corrected chi connectivity index (χ2v) is 7.74. The second-order valence-electron chi connectivity index (χ2n) is 7.74. The summed E-state index contributed by atoms with van der Waals surface area (Å²) in [7, 11) is 0. The van der Waals surface area contributed by atoms with E-state index in [0.29, 0.717) is 16.7 Å². The summed E-state index contributed by atoms with van der Waals surface area (Å²) in [6.45, 7) is 0.287. The molecule has 2 aliphatic rings. The lowest BCUT2D eigenvalue weighted by Crippen LogP contribution is -2.52. The second kappa shape index (κ2) is 9.11. The molecule has 0 aromatic heterocycles. The van der Waals surface area contributed by atoms with Crippen LogP contribution in [0.15, 0.2) is 36.4 Å². The fourth-order valence-corrected chi connectivity index (χ4v) is 3.85. The third-order valence-electron chi connectivity index (χ3n) is 5.51. The molecule has 0 bridgehead atoms. The Balaban J connectivity index is 1.41. The summed E-state index contributed by atoms with van der Waals surface area (Å²) >= 11 is 0. The Morgan fingerprint density at radius 1 is 1.24 bits per heavy atom. The smallest absolute Gasteiger partial charge is 0.296 e. The summed E-state index contributed by atoms with van der Waals surface area (Å²) in [5.41, 5.74) is 1.19. The van der Waals surface area contributed by atoms with Crippen molar-refractivity contribution in [2.75, 3.05) is 0 Å². The molecule has 0 aliphatic carbocycles. The molecule has 1 fully saturated rings. The number of fused-ring (bicyclic) bond motifs is 1. The SMILES string of the molecule is O=C(C#Cc1ccc(F)cc1[N+](=O)[O-])NCc1ccc2c(c1)CN(C1CCC(=O)NC1=O)C2=O. The van der Waals surface area contributed by atoms with E-state index in [9.17, 15) is 33.7 Å². The van der Waals surface area contributed by atoms with Gasteiger partial charge in [0.25, 0.3) is 17.5 Å². The molecule has 10 nitrogen and oxygen atoms in total. The van der Waals surface area contributed by atoms with Crippen LogP contribution in [0.25, 0.3) is 0 Å². The Kier molecular flexibility index (Phi) is 6.05. The number of nitrogens with one attached hydrogen (secondary N) is 2. The first-order chi connectivity index (χ1) is 16.2. The highest BCUT2D eigenvalue weighted by molar-refractivity contribution is 6.05. The van der Waals surface area contributed by atoms with Crippen molar-refractivity contribution in [2.24, 2.45) is 0 Å². The summed E-state index contributed by atoms with van der Waals surface area (Å²) in [5.74, 6) is 1.98. The quantitative estimate of drug-likeness (QED) is 0.301. The average Bonchev–Trinajstić information content (AvgIpc) is 3.12. The molecule has 2 aromatic carbocycles. The van der Waals surface area contributed by atoms with Crippen LogP contribution in [0.5, 0.6) is 0 Å². The number of amides is 4. The van der Waals surface area contributed by atoms with E-state index in [4.69, 9.17) is 0 Å². The third kappa shape index (κ3) is 4.61. The van der Waals surface area contributed by atoms with Crippen LogP contribution in [0.4, 0.5) is 10.1 Å². The van der Waals surface area contributed by atoms with E-state index >= 15 is 0 Å². The molecular weight excluding hydrogens is 447 g/mol. The molecule has 1 saturated heterocycles. The number of benzene rings is 2. The van der Waals surface area contributed by atoms with Gasteiger partial charge in [0.1, 0.15) is 17.4 Å². The van der Waals surface area contributed by atoms with Crippen LogP contribution in [0.1, 0.15) is 39.9 Å². The van der Waals surface area contributed by atoms with Crippen LogP contribution in [0.2, 0.25) is 0 Å². The van der Waals surface area contributed by atoms with Crippen molar-refractivity contribution in [1.82, 2.24) is 15.5 Å². The van der Waals surface area contributed by atoms with E-state index < -0.39 is 34.3 Å². The lowest BCUT2D eigenvalue weighted by molar-refractivity contribution is -0.385. The molecule has 0 radical (unpaired) electrons. The Hall–Kier alpha value is -4.59. The van der Waals surface area contributed by atoms with E-state index in [2.05, 4.69) is 22.5 Å². The Morgan fingerprint density at radius 3 is 2.76 bits per heavy atom. The fourth-order valence-electron chi connectivity index (χ4n) is 3.85. The van der Waals surface area contributed by atoms with Gasteiger partial charge in [0.2, 0.25) is 11.8 Å². The maximum atomic E-state index is 13.2. The number of nitro benzene ring substituents is 1. The topological polar surface area (TPSA) is 139 Å². The first kappa shape index (κ1) is 22.6. The van der Waals surface area contributed by atoms with Crippen LogP contribution in [0.3, 0.4) is 0 Å². The summed E-state index contributed by atoms with van der Waals surface area (Å²) < 4.78 is 13.2. The minimum absolute atomic E-state index is 0.0823. The minimum atomic E-state index is -0.784. The number of piperidine rings is 1. The number of carbonyl (C=O) groups is 4. The molecule has 1 atom stereocenters. The number of hydrogen-bond acceptors (Lipinski definition) is 6. The van der Waals surface area contributed by atoms with Crippen molar-refractivity contribution in [1.29, 1.82) is 0 Å². The van der Waals surface area contributed by atoms with Crippen LogP contribution in [-0.4, -0.2) is 39.5 Å². The largest absolute Gasteiger partial charge is 0.341 e. The lowest BCUT2D eigenvalue weighted by Gasteiger charge is -2.29. The molecule has 34 heavy (non-hydrogen) atoms. The summed E-state index contributed by atoms with van der Waals surface area (Å²) in [6, 6.07) is 7.15. The fraction of sp³-hybridized carbons (Fsp3) is 0.217. The van der Waals surface area contributed by atoms with Gasteiger partial charge in [-0.05, 0) is 41.7 Å². The van der Waals surface area contributed by atoms with Gasteiger partial charge in [-0.15, -0.1) is 0 Å². The highest BCUT2D eigenvalue weighted by Gasteiger charge is 2.39. The van der Waals surface area contributed by atoms with Crippen LogP contribution in [-0.2, 0) is 27.5 Å². The molecule has 0 spiro atoms. The van der Waals surface area contributed by atoms with Crippen molar-refractivity contribution < 1.29 is 28.5 Å². The zero-order valence-electron chi connectivity index (χ0n) is 17.6. The molecule has 2 aromatic rings. The van der Waals surface area contributed by atoms with Crippen molar-refractivity contribution in [3.63, 3.8) is 0 Å². The number of rotatable bonds is 4. The van der Waals surface area contributed by atoms with Crippen LogP contribution in [0, 0.1) is 27.8 Å². The zero-order valence-corrected chi connectivity index (χ0v) is 17.6. The number of hydrogen-bond donors (Lipinski definition) is 2. The number of carbonyl (C=O) groups excluding carboxylic acids is 4. The van der Waals surface area contributed by atoms with Gasteiger partial charge in [-0.3, -0.25) is 34.6 Å². The third-order valence-corrected chi connectivity index (χ3v) is 5.51. The van der Waals surface area contributed by atoms with Gasteiger partial charge in [0, 0.05) is 31.0 Å². The number of imide groups is 1. The lowest BCUT2D eigenvalue weighted by atomic mass is 10.0. The Bertz CT molecular complexity index is 1310. The van der Waals surface area contributed by atoms with Gasteiger partial charge in [-0.1, -0.05) is 12.1 Å². The van der Waals surface area contributed by atoms with E-state index in [1.807, 2.05) is 0 Å². The predicted molar refractivity (Wildman–Crippen MR) is 114 cm³/mol. The Morgan fingerprint density at radius 2 is 2.03 bits per heavy atom. The average molecular weight is 464 g/mol. The molecule has 4 rings (SSSR count). The number of nitro groups is 1. The minimum Gasteiger partial charge on any atom is -0.341 e. The van der Waals surface area contributed by atoms with E-state index in [1.165, 1.54) is 4.90 Å². The van der Waals surface area contributed by atoms with E-state index in [1.54, 1.807) is 18.2 Å². The molecule has 2 heterocycles. The molecule has 2 N–H and O–H groups in total. The molecule has 11 heteroatoms. The maximum absolute atomic E-state index is 13.2. The maximum Gasteiger partial charge on any atom is 0.296 e. The monoisotopic (exact) mass is 464 g/mol. The summed E-state index contributed by atoms with van der Waals surface area (Å²) in [5, 5.41) is 15.8. The van der Waals surface area contributed by atoms with E-state index in [0.717, 1.165) is 18.2 Å². The van der Waals surface area contributed by atoms with Crippen LogP contribution < -0.4 is 10.6 Å². The van der Waals surface area contributed by atoms with Crippen LogP contribution >= 0.6 is 0 Å². The summed E-state index contributed by atoms with van der Waals surface area (Å²) in [4.78, 5) is 59.9. The predicted octanol–water partition coefficient (Wildman–Crippen LogP) is 1.16. The zero-order chi connectivity index (χ0) is 24.4. The van der Waals surface area contributed by atoms with Crippen molar-refractivity contribution in [2.45, 2.75) is 32.0 Å². The molecule has 172 valence electrons. The molecule has 0 saturated carbocycles.